The summed E-state index contributed by atoms with van der Waals surface area (Å²) in [6.45, 7) is 5.38. The molecule has 0 unspecified atom stereocenters. The standard InChI is InChI=1S/C15H16FN3O3/c1-15(2,3)12-10(13(17)20)11(19(18-12)14(21)22)8-4-6-9(16)7-5-8/h4-7H,1-3H3,(H2,17,20)(H,21,22). The second-order valence-electron chi connectivity index (χ2n) is 5.89. The summed E-state index contributed by atoms with van der Waals surface area (Å²) >= 11 is 0. The third kappa shape index (κ3) is 2.69. The number of hydrogen-bond donors (Lipinski definition) is 2. The van der Waals surface area contributed by atoms with Crippen LogP contribution in [-0.4, -0.2) is 26.9 Å². The highest BCUT2D eigenvalue weighted by atomic mass is 19.1. The first-order chi connectivity index (χ1) is 10.1. The summed E-state index contributed by atoms with van der Waals surface area (Å²) in [6.07, 6.45) is -1.35. The Bertz CT molecular complexity index is 743. The van der Waals surface area contributed by atoms with Crippen LogP contribution >= 0.6 is 0 Å². The quantitative estimate of drug-likeness (QED) is 0.891. The Kier molecular flexibility index (Phi) is 3.74. The molecule has 0 aliphatic rings. The molecule has 0 fully saturated rings. The first-order valence-corrected chi connectivity index (χ1v) is 6.55. The second-order valence-corrected chi connectivity index (χ2v) is 5.89. The summed E-state index contributed by atoms with van der Waals surface area (Å²) in [4.78, 5) is 23.3. The Hall–Kier alpha value is -2.70. The van der Waals surface area contributed by atoms with Gasteiger partial charge in [0.1, 0.15) is 5.82 Å². The third-order valence-corrected chi connectivity index (χ3v) is 3.14. The minimum atomic E-state index is -1.35. The Labute approximate surface area is 126 Å². The fourth-order valence-electron chi connectivity index (χ4n) is 2.19. The molecule has 0 atom stereocenters. The van der Waals surface area contributed by atoms with Gasteiger partial charge < -0.3 is 10.8 Å². The number of rotatable bonds is 2. The summed E-state index contributed by atoms with van der Waals surface area (Å²) in [5.41, 5.74) is 5.55. The molecular formula is C15H16FN3O3. The number of nitrogens with zero attached hydrogens (tertiary/aromatic N) is 2. The molecule has 0 radical (unpaired) electrons. The number of benzene rings is 1. The van der Waals surface area contributed by atoms with E-state index in [-0.39, 0.29) is 17.0 Å². The lowest BCUT2D eigenvalue weighted by atomic mass is 9.87. The molecule has 0 saturated carbocycles. The van der Waals surface area contributed by atoms with Gasteiger partial charge in [0.15, 0.2) is 0 Å². The van der Waals surface area contributed by atoms with Crippen molar-refractivity contribution in [3.8, 4) is 11.3 Å². The number of carboxylic acid groups (broad SMARTS) is 1. The molecule has 2 aromatic rings. The second kappa shape index (κ2) is 5.25. The molecule has 2 rings (SSSR count). The highest BCUT2D eigenvalue weighted by molar-refractivity contribution is 6.02. The maximum absolute atomic E-state index is 13.1. The lowest BCUT2D eigenvalue weighted by molar-refractivity contribution is 0.0999. The minimum absolute atomic E-state index is 0.0292. The van der Waals surface area contributed by atoms with E-state index in [1.807, 2.05) is 0 Å². The molecule has 0 spiro atoms. The van der Waals surface area contributed by atoms with Gasteiger partial charge in [-0.25, -0.2) is 9.18 Å². The summed E-state index contributed by atoms with van der Waals surface area (Å²) in [5.74, 6) is -1.25. The molecule has 7 heteroatoms. The Morgan fingerprint density at radius 2 is 1.77 bits per heavy atom. The van der Waals surface area contributed by atoms with Gasteiger partial charge in [-0.15, -0.1) is 0 Å². The minimum Gasteiger partial charge on any atom is -0.463 e. The molecule has 0 aliphatic carbocycles. The lowest BCUT2D eigenvalue weighted by Gasteiger charge is -2.16. The zero-order valence-corrected chi connectivity index (χ0v) is 12.4. The molecule has 1 aromatic heterocycles. The van der Waals surface area contributed by atoms with Gasteiger partial charge in [-0.3, -0.25) is 4.79 Å². The number of aromatic nitrogens is 2. The van der Waals surface area contributed by atoms with E-state index in [1.54, 1.807) is 20.8 Å². The largest absolute Gasteiger partial charge is 0.463 e. The fraction of sp³-hybridized carbons (Fsp3) is 0.267. The van der Waals surface area contributed by atoms with Crippen molar-refractivity contribution in [2.45, 2.75) is 26.2 Å². The third-order valence-electron chi connectivity index (χ3n) is 3.14. The molecule has 22 heavy (non-hydrogen) atoms. The fourth-order valence-corrected chi connectivity index (χ4v) is 2.19. The van der Waals surface area contributed by atoms with Gasteiger partial charge in [-0.2, -0.15) is 9.78 Å². The van der Waals surface area contributed by atoms with Crippen LogP contribution < -0.4 is 5.73 Å². The van der Waals surface area contributed by atoms with Crippen LogP contribution in [-0.2, 0) is 5.41 Å². The summed E-state index contributed by atoms with van der Waals surface area (Å²) in [6, 6.07) is 5.11. The van der Waals surface area contributed by atoms with Crippen molar-refractivity contribution >= 4 is 12.0 Å². The van der Waals surface area contributed by atoms with E-state index in [4.69, 9.17) is 5.73 Å². The average molecular weight is 305 g/mol. The molecule has 0 bridgehead atoms. The van der Waals surface area contributed by atoms with Crippen LogP contribution in [0.15, 0.2) is 24.3 Å². The van der Waals surface area contributed by atoms with Gasteiger partial charge in [0, 0.05) is 11.0 Å². The van der Waals surface area contributed by atoms with Gasteiger partial charge >= 0.3 is 6.09 Å². The van der Waals surface area contributed by atoms with Crippen LogP contribution in [0.2, 0.25) is 0 Å². The van der Waals surface area contributed by atoms with Gasteiger partial charge in [-0.1, -0.05) is 20.8 Å². The monoisotopic (exact) mass is 305 g/mol. The maximum Gasteiger partial charge on any atom is 0.432 e. The highest BCUT2D eigenvalue weighted by Gasteiger charge is 2.32. The zero-order valence-electron chi connectivity index (χ0n) is 12.4. The number of hydrogen-bond acceptors (Lipinski definition) is 3. The van der Waals surface area contributed by atoms with E-state index in [0.29, 0.717) is 10.2 Å². The van der Waals surface area contributed by atoms with Crippen molar-refractivity contribution in [3.63, 3.8) is 0 Å². The van der Waals surface area contributed by atoms with E-state index in [9.17, 15) is 19.1 Å². The smallest absolute Gasteiger partial charge is 0.432 e. The van der Waals surface area contributed by atoms with Crippen molar-refractivity contribution in [2.24, 2.45) is 5.73 Å². The number of nitrogens with two attached hydrogens (primary N) is 1. The van der Waals surface area contributed by atoms with E-state index in [2.05, 4.69) is 5.10 Å². The zero-order chi connectivity index (χ0) is 16.7. The molecule has 1 aromatic carbocycles. The first-order valence-electron chi connectivity index (χ1n) is 6.55. The Morgan fingerprint density at radius 3 is 2.18 bits per heavy atom. The Morgan fingerprint density at radius 1 is 1.23 bits per heavy atom. The maximum atomic E-state index is 13.1. The molecular weight excluding hydrogens is 289 g/mol. The first kappa shape index (κ1) is 15.7. The topological polar surface area (TPSA) is 98.2 Å². The summed E-state index contributed by atoms with van der Waals surface area (Å²) in [5, 5.41) is 13.4. The molecule has 0 saturated heterocycles. The molecule has 1 heterocycles. The van der Waals surface area contributed by atoms with Crippen LogP contribution in [0.5, 0.6) is 0 Å². The molecule has 0 aliphatic heterocycles. The number of primary amides is 1. The van der Waals surface area contributed by atoms with Gasteiger partial charge in [0.25, 0.3) is 5.91 Å². The van der Waals surface area contributed by atoms with Crippen molar-refractivity contribution in [1.29, 1.82) is 0 Å². The summed E-state index contributed by atoms with van der Waals surface area (Å²) in [7, 11) is 0. The van der Waals surface area contributed by atoms with Gasteiger partial charge in [0.05, 0.1) is 17.0 Å². The van der Waals surface area contributed by atoms with Crippen molar-refractivity contribution < 1.29 is 19.1 Å². The predicted octanol–water partition coefficient (Wildman–Crippen LogP) is 2.61. The number of carbonyl (C=O) groups excluding carboxylic acids is 1. The van der Waals surface area contributed by atoms with E-state index in [1.165, 1.54) is 24.3 Å². The number of carbonyl (C=O) groups is 2. The van der Waals surface area contributed by atoms with Crippen LogP contribution in [0, 0.1) is 5.82 Å². The van der Waals surface area contributed by atoms with Crippen LogP contribution in [0.1, 0.15) is 36.8 Å². The SMILES string of the molecule is CC(C)(C)c1nn(C(=O)O)c(-c2ccc(F)cc2)c1C(N)=O. The molecule has 6 nitrogen and oxygen atoms in total. The van der Waals surface area contributed by atoms with Crippen molar-refractivity contribution in [2.75, 3.05) is 0 Å². The number of amides is 1. The van der Waals surface area contributed by atoms with Crippen molar-refractivity contribution in [3.05, 3.63) is 41.3 Å². The van der Waals surface area contributed by atoms with E-state index < -0.39 is 23.2 Å². The Balaban J connectivity index is 2.85. The van der Waals surface area contributed by atoms with Crippen LogP contribution in [0.3, 0.4) is 0 Å². The predicted molar refractivity (Wildman–Crippen MR) is 78.3 cm³/mol. The molecule has 116 valence electrons. The van der Waals surface area contributed by atoms with E-state index >= 15 is 0 Å². The lowest BCUT2D eigenvalue weighted by Crippen LogP contribution is -2.21. The highest BCUT2D eigenvalue weighted by Crippen LogP contribution is 2.32. The number of halogens is 1. The van der Waals surface area contributed by atoms with Gasteiger partial charge in [0.2, 0.25) is 0 Å². The normalized spacial score (nSPS) is 11.5. The van der Waals surface area contributed by atoms with Crippen molar-refractivity contribution in [1.82, 2.24) is 9.78 Å². The van der Waals surface area contributed by atoms with Crippen LogP contribution in [0.4, 0.5) is 9.18 Å². The average Bonchev–Trinajstić information content (AvgIpc) is 2.80. The van der Waals surface area contributed by atoms with Gasteiger partial charge in [-0.05, 0) is 24.3 Å². The van der Waals surface area contributed by atoms with Crippen LogP contribution in [0.25, 0.3) is 11.3 Å². The summed E-state index contributed by atoms with van der Waals surface area (Å²) < 4.78 is 13.8. The molecule has 3 N–H and O–H groups in total. The van der Waals surface area contributed by atoms with E-state index in [0.717, 1.165) is 0 Å². The molecule has 1 amide bonds.